The molecule has 0 unspecified atom stereocenters. The van der Waals surface area contributed by atoms with Crippen LogP contribution < -0.4 is 0 Å². The molecule has 4 atom stereocenters. The van der Waals surface area contributed by atoms with Crippen LogP contribution in [0.4, 0.5) is 9.59 Å². The van der Waals surface area contributed by atoms with Crippen molar-refractivity contribution in [1.82, 2.24) is 10.0 Å². The van der Waals surface area contributed by atoms with Crippen LogP contribution in [0, 0.1) is 0 Å². The van der Waals surface area contributed by atoms with Crippen LogP contribution in [0.1, 0.15) is 0 Å². The fourth-order valence-electron chi connectivity index (χ4n) is 3.43. The molecule has 2 bridgehead atoms. The van der Waals surface area contributed by atoms with Gasteiger partial charge in [0.15, 0.2) is 0 Å². The summed E-state index contributed by atoms with van der Waals surface area (Å²) in [6.07, 6.45) is -2.86. The van der Waals surface area contributed by atoms with E-state index in [1.54, 1.807) is 0 Å². The Bertz CT molecular complexity index is 571. The number of ether oxygens (including phenoxy) is 4. The number of carbonyl (C=O) groups excluding carboxylic acids is 2. The maximum absolute atomic E-state index is 12.6. The van der Waals surface area contributed by atoms with Crippen molar-refractivity contribution in [2.75, 3.05) is 13.2 Å². The van der Waals surface area contributed by atoms with Gasteiger partial charge in [0.05, 0.1) is 0 Å². The quantitative estimate of drug-likeness (QED) is 0.437. The molecule has 2 amide bonds. The molecule has 0 spiro atoms. The highest BCUT2D eigenvalue weighted by Crippen LogP contribution is 2.56. The predicted molar refractivity (Wildman–Crippen MR) is 91.9 cm³/mol. The molecule has 5 rings (SSSR count). The molecule has 146 valence electrons. The number of nitrogens with zero attached hydrogens (tertiary/aromatic N) is 2. The second-order valence-electron chi connectivity index (χ2n) is 6.14. The molecular formula is C12H10Cl6N2O6. The van der Waals surface area contributed by atoms with Crippen LogP contribution >= 0.6 is 69.6 Å². The van der Waals surface area contributed by atoms with E-state index >= 15 is 0 Å². The Morgan fingerprint density at radius 2 is 1.04 bits per heavy atom. The summed E-state index contributed by atoms with van der Waals surface area (Å²) < 4.78 is 17.6. The van der Waals surface area contributed by atoms with Gasteiger partial charge in [0.2, 0.25) is 7.59 Å². The average molecular weight is 491 g/mol. The highest BCUT2D eigenvalue weighted by molar-refractivity contribution is 6.68. The van der Waals surface area contributed by atoms with Gasteiger partial charge in [-0.3, -0.25) is 0 Å². The van der Waals surface area contributed by atoms with Gasteiger partial charge in [-0.25, -0.2) is 19.6 Å². The summed E-state index contributed by atoms with van der Waals surface area (Å²) in [5.74, 6) is 0. The maximum Gasteiger partial charge on any atom is 0.429 e. The van der Waals surface area contributed by atoms with Crippen LogP contribution in [0.2, 0.25) is 0 Å². The summed E-state index contributed by atoms with van der Waals surface area (Å²) in [5, 5.41) is 2.15. The van der Waals surface area contributed by atoms with Gasteiger partial charge in [0.25, 0.3) is 0 Å². The van der Waals surface area contributed by atoms with E-state index in [2.05, 4.69) is 0 Å². The lowest BCUT2D eigenvalue weighted by molar-refractivity contribution is -0.0964. The fourth-order valence-corrected chi connectivity index (χ4v) is 3.76. The van der Waals surface area contributed by atoms with Crippen molar-refractivity contribution in [3.8, 4) is 0 Å². The van der Waals surface area contributed by atoms with Crippen LogP contribution in [-0.2, 0) is 18.9 Å². The number of rotatable bonds is 2. The van der Waals surface area contributed by atoms with Gasteiger partial charge in [-0.2, -0.15) is 0 Å². The van der Waals surface area contributed by atoms with Crippen molar-refractivity contribution in [3.63, 3.8) is 0 Å². The molecule has 0 aromatic rings. The number of hydrogen-bond donors (Lipinski definition) is 0. The van der Waals surface area contributed by atoms with Crippen molar-refractivity contribution in [1.29, 1.82) is 0 Å². The Hall–Kier alpha value is 0.200. The first-order valence-electron chi connectivity index (χ1n) is 7.34. The standard InChI is InChI=1S/C12H10Cl6N2O6/c13-11(14,15)1-23-9(21)19-3-5-7(25-5)4(8-6(3)26-8)20(19)10(22)24-2-12(16,17)18/h3-8H,1-2H2/t3?,4?,5-,6-,7+,8+. The molecule has 26 heavy (non-hydrogen) atoms. The Morgan fingerprint density at radius 3 is 1.31 bits per heavy atom. The Kier molecular flexibility index (Phi) is 4.77. The molecule has 1 aliphatic carbocycles. The van der Waals surface area contributed by atoms with Crippen LogP contribution in [0.3, 0.4) is 0 Å². The van der Waals surface area contributed by atoms with Gasteiger partial charge in [0, 0.05) is 0 Å². The molecule has 5 fully saturated rings. The van der Waals surface area contributed by atoms with Gasteiger partial charge < -0.3 is 18.9 Å². The van der Waals surface area contributed by atoms with Crippen LogP contribution in [0.15, 0.2) is 0 Å². The third-order valence-corrected chi connectivity index (χ3v) is 5.01. The lowest BCUT2D eigenvalue weighted by Crippen LogP contribution is -2.71. The molecule has 14 heteroatoms. The molecule has 0 radical (unpaired) electrons. The van der Waals surface area contributed by atoms with Gasteiger partial charge >= 0.3 is 12.2 Å². The summed E-state index contributed by atoms with van der Waals surface area (Å²) in [5.41, 5.74) is 0. The first-order chi connectivity index (χ1) is 12.0. The van der Waals surface area contributed by atoms with Crippen molar-refractivity contribution in [2.24, 2.45) is 0 Å². The minimum absolute atomic E-state index is 0.263. The Balaban J connectivity index is 1.53. The number of halogens is 6. The number of epoxide rings is 2. The predicted octanol–water partition coefficient (Wildman–Crippen LogP) is 2.82. The van der Waals surface area contributed by atoms with Crippen LogP contribution in [0.25, 0.3) is 0 Å². The molecule has 8 nitrogen and oxygen atoms in total. The first kappa shape index (κ1) is 19.5. The first-order valence-corrected chi connectivity index (χ1v) is 9.61. The SMILES string of the molecule is O=C(OCC(Cl)(Cl)Cl)N1C2[C@H]3O[C@H]3C([C@@H]3O[C@H]23)N1C(=O)OCC(Cl)(Cl)Cl. The zero-order chi connectivity index (χ0) is 19.0. The average Bonchev–Trinajstić information content (AvgIpc) is 3.39. The van der Waals surface area contributed by atoms with E-state index < -0.39 is 45.1 Å². The zero-order valence-corrected chi connectivity index (χ0v) is 17.0. The number of hydrogen-bond acceptors (Lipinski definition) is 6. The molecular weight excluding hydrogens is 481 g/mol. The van der Waals surface area contributed by atoms with E-state index in [0.717, 1.165) is 10.0 Å². The second-order valence-corrected chi connectivity index (χ2v) is 11.2. The monoisotopic (exact) mass is 488 g/mol. The van der Waals surface area contributed by atoms with Crippen LogP contribution in [0.5, 0.6) is 0 Å². The Morgan fingerprint density at radius 1 is 0.731 bits per heavy atom. The van der Waals surface area contributed by atoms with Crippen molar-refractivity contribution in [2.45, 2.75) is 44.1 Å². The fraction of sp³-hybridized carbons (Fsp3) is 0.833. The van der Waals surface area contributed by atoms with E-state index in [4.69, 9.17) is 88.6 Å². The molecule has 0 aromatic carbocycles. The molecule has 4 aliphatic heterocycles. The maximum atomic E-state index is 12.6. The highest BCUT2D eigenvalue weighted by atomic mass is 35.6. The molecule has 5 aliphatic rings. The van der Waals surface area contributed by atoms with Crippen molar-refractivity contribution in [3.05, 3.63) is 0 Å². The third-order valence-electron chi connectivity index (χ3n) is 4.36. The topological polar surface area (TPSA) is 84.1 Å². The lowest BCUT2D eigenvalue weighted by atomic mass is 9.87. The summed E-state index contributed by atoms with van der Waals surface area (Å²) in [6.45, 7) is -1.02. The van der Waals surface area contributed by atoms with E-state index in [0.29, 0.717) is 0 Å². The Labute approximate surface area is 177 Å². The van der Waals surface area contributed by atoms with Gasteiger partial charge in [-0.15, -0.1) is 0 Å². The summed E-state index contributed by atoms with van der Waals surface area (Å²) in [4.78, 5) is 25.1. The molecule has 0 N–H and O–H groups in total. The van der Waals surface area contributed by atoms with Crippen LogP contribution in [-0.4, -0.2) is 79.5 Å². The van der Waals surface area contributed by atoms with E-state index in [1.807, 2.05) is 0 Å². The van der Waals surface area contributed by atoms with Gasteiger partial charge in [-0.1, -0.05) is 69.6 Å². The number of amides is 2. The third kappa shape index (κ3) is 3.59. The second kappa shape index (κ2) is 6.35. The zero-order valence-electron chi connectivity index (χ0n) is 12.5. The summed E-state index contributed by atoms with van der Waals surface area (Å²) >= 11 is 33.6. The van der Waals surface area contributed by atoms with Crippen molar-refractivity contribution < 1.29 is 28.5 Å². The summed E-state index contributed by atoms with van der Waals surface area (Å²) in [6, 6.07) is -1.11. The molecule has 4 heterocycles. The normalized spacial score (nSPS) is 37.0. The molecule has 1 saturated carbocycles. The smallest absolute Gasteiger partial charge is 0.429 e. The lowest BCUT2D eigenvalue weighted by Gasteiger charge is -2.46. The van der Waals surface area contributed by atoms with Gasteiger partial charge in [-0.05, 0) is 0 Å². The van der Waals surface area contributed by atoms with E-state index in [-0.39, 0.29) is 24.4 Å². The highest BCUT2D eigenvalue weighted by Gasteiger charge is 2.78. The van der Waals surface area contributed by atoms with Crippen molar-refractivity contribution >= 4 is 81.8 Å². The van der Waals surface area contributed by atoms with E-state index in [1.165, 1.54) is 0 Å². The molecule has 4 saturated heterocycles. The largest absolute Gasteiger partial charge is 0.444 e. The number of carbonyl (C=O) groups is 2. The summed E-state index contributed by atoms with van der Waals surface area (Å²) in [7, 11) is 0. The number of hydrazine groups is 1. The van der Waals surface area contributed by atoms with E-state index in [9.17, 15) is 9.59 Å². The minimum atomic E-state index is -1.80. The molecule has 0 aromatic heterocycles. The number of fused-ring (bicyclic) bond motifs is 1. The number of alkyl halides is 6. The van der Waals surface area contributed by atoms with Gasteiger partial charge in [0.1, 0.15) is 49.7 Å². The minimum Gasteiger partial charge on any atom is -0.444 e.